The second-order valence-electron chi connectivity index (χ2n) is 6.79. The molecule has 1 fully saturated rings. The summed E-state index contributed by atoms with van der Waals surface area (Å²) < 4.78 is 12.0. The Morgan fingerprint density at radius 2 is 2.19 bits per heavy atom. The average molecular weight is 370 g/mol. The predicted octanol–water partition coefficient (Wildman–Crippen LogP) is 3.67. The van der Waals surface area contributed by atoms with Gasteiger partial charge in [0.1, 0.15) is 11.5 Å². The van der Waals surface area contributed by atoms with E-state index in [1.807, 2.05) is 19.9 Å². The number of piperidine rings is 1. The third-order valence-corrected chi connectivity index (χ3v) is 4.99. The van der Waals surface area contributed by atoms with E-state index in [0.717, 1.165) is 36.2 Å². The number of nitrogens with one attached hydrogen (secondary N) is 1. The Labute approximate surface area is 155 Å². The zero-order valence-electron chi connectivity index (χ0n) is 15.4. The summed E-state index contributed by atoms with van der Waals surface area (Å²) in [5, 5.41) is 7.01. The zero-order valence-corrected chi connectivity index (χ0v) is 15.4. The van der Waals surface area contributed by atoms with E-state index in [2.05, 4.69) is 10.5 Å². The number of nitrogens with zero attached hydrogens (tertiary/aromatic N) is 3. The van der Waals surface area contributed by atoms with E-state index in [4.69, 9.17) is 8.94 Å². The summed E-state index contributed by atoms with van der Waals surface area (Å²) in [7, 11) is 0. The van der Waals surface area contributed by atoms with Crippen LogP contribution >= 0.6 is 0 Å². The lowest BCUT2D eigenvalue weighted by Gasteiger charge is -2.34. The number of aryl methyl sites for hydroxylation is 2. The number of anilines is 1. The number of carbonyl (C=O) groups excluding carboxylic acids is 1. The Hall–Kier alpha value is -3.03. The molecule has 0 bridgehead atoms. The van der Waals surface area contributed by atoms with Gasteiger partial charge in [-0.1, -0.05) is 5.16 Å². The van der Waals surface area contributed by atoms with Crippen LogP contribution in [0.1, 0.15) is 43.7 Å². The Bertz CT molecular complexity index is 1030. The van der Waals surface area contributed by atoms with E-state index in [-0.39, 0.29) is 12.1 Å². The van der Waals surface area contributed by atoms with Crippen LogP contribution in [0.2, 0.25) is 0 Å². The molecule has 1 saturated heterocycles. The Balaban J connectivity index is 1.57. The maximum Gasteiger partial charge on any atom is 0.419 e. The maximum absolute atomic E-state index is 12.9. The number of hydrogen-bond acceptors (Lipinski definition) is 5. The minimum absolute atomic E-state index is 0.0981. The van der Waals surface area contributed by atoms with Crippen LogP contribution in [-0.4, -0.2) is 27.2 Å². The van der Waals surface area contributed by atoms with E-state index in [9.17, 15) is 9.59 Å². The molecule has 3 aromatic rings. The number of hydrogen-bond donors (Lipinski definition) is 1. The molecule has 0 aliphatic carbocycles. The monoisotopic (exact) mass is 370 g/mol. The van der Waals surface area contributed by atoms with Crippen molar-refractivity contribution >= 4 is 22.8 Å². The lowest BCUT2D eigenvalue weighted by molar-refractivity contribution is 0.159. The first kappa shape index (κ1) is 17.4. The van der Waals surface area contributed by atoms with Crippen molar-refractivity contribution in [2.45, 2.75) is 45.7 Å². The minimum Gasteiger partial charge on any atom is -0.408 e. The third-order valence-electron chi connectivity index (χ3n) is 4.99. The highest BCUT2D eigenvalue weighted by Crippen LogP contribution is 2.31. The molecular formula is C19H22N4O4. The second-order valence-corrected chi connectivity index (χ2v) is 6.79. The molecule has 1 aliphatic heterocycles. The topological polar surface area (TPSA) is 93.5 Å². The molecule has 27 heavy (non-hydrogen) atoms. The standard InChI is InChI=1S/C19H22N4O4/c1-3-22-16-8-7-13(11-17(16)26-19(22)25)20-18(24)23-9-5-4-6-15(23)14-10-12(2)27-21-14/h7-8,10-11,15H,3-6,9H2,1-2H3,(H,20,24). The van der Waals surface area contributed by atoms with Crippen LogP contribution in [0.25, 0.3) is 11.1 Å². The van der Waals surface area contributed by atoms with Gasteiger partial charge in [0, 0.05) is 30.9 Å². The van der Waals surface area contributed by atoms with E-state index in [0.29, 0.717) is 24.4 Å². The van der Waals surface area contributed by atoms with Gasteiger partial charge in [0.15, 0.2) is 5.58 Å². The molecule has 1 unspecified atom stereocenters. The molecule has 1 aromatic carbocycles. The number of amides is 2. The van der Waals surface area contributed by atoms with E-state index in [1.54, 1.807) is 27.7 Å². The molecular weight excluding hydrogens is 348 g/mol. The Morgan fingerprint density at radius 3 is 2.93 bits per heavy atom. The summed E-state index contributed by atoms with van der Waals surface area (Å²) >= 11 is 0. The van der Waals surface area contributed by atoms with Gasteiger partial charge in [-0.2, -0.15) is 0 Å². The van der Waals surface area contributed by atoms with Crippen LogP contribution in [0, 0.1) is 6.92 Å². The van der Waals surface area contributed by atoms with Crippen LogP contribution in [0.4, 0.5) is 10.5 Å². The third kappa shape index (κ3) is 3.22. The molecule has 1 aliphatic rings. The van der Waals surface area contributed by atoms with Gasteiger partial charge in [-0.3, -0.25) is 4.57 Å². The van der Waals surface area contributed by atoms with Crippen LogP contribution < -0.4 is 11.1 Å². The van der Waals surface area contributed by atoms with Crippen molar-refractivity contribution in [3.8, 4) is 0 Å². The highest BCUT2D eigenvalue weighted by Gasteiger charge is 2.30. The fourth-order valence-corrected chi connectivity index (χ4v) is 3.66. The number of oxazole rings is 1. The molecule has 142 valence electrons. The van der Waals surface area contributed by atoms with E-state index >= 15 is 0 Å². The SMILES string of the molecule is CCn1c(=O)oc2cc(NC(=O)N3CCCCC3c3cc(C)on3)ccc21. The first-order valence-electron chi connectivity index (χ1n) is 9.21. The zero-order chi connectivity index (χ0) is 19.0. The minimum atomic E-state index is -0.395. The molecule has 2 amide bonds. The molecule has 2 aromatic heterocycles. The molecule has 4 rings (SSSR count). The lowest BCUT2D eigenvalue weighted by Crippen LogP contribution is -2.41. The number of benzene rings is 1. The molecule has 0 radical (unpaired) electrons. The van der Waals surface area contributed by atoms with Gasteiger partial charge in [0.05, 0.1) is 11.6 Å². The lowest BCUT2D eigenvalue weighted by atomic mass is 9.99. The van der Waals surface area contributed by atoms with E-state index < -0.39 is 5.76 Å². The van der Waals surface area contributed by atoms with Gasteiger partial charge in [0.2, 0.25) is 0 Å². The number of rotatable bonds is 3. The summed E-state index contributed by atoms with van der Waals surface area (Å²) in [5.74, 6) is 0.338. The Morgan fingerprint density at radius 1 is 1.33 bits per heavy atom. The number of aromatic nitrogens is 2. The molecule has 8 heteroatoms. The van der Waals surface area contributed by atoms with Crippen molar-refractivity contribution in [3.05, 3.63) is 46.3 Å². The number of urea groups is 1. The van der Waals surface area contributed by atoms with Crippen molar-refractivity contribution in [1.29, 1.82) is 0 Å². The highest BCUT2D eigenvalue weighted by atomic mass is 16.5. The summed E-state index contributed by atoms with van der Waals surface area (Å²) in [6, 6.07) is 6.83. The van der Waals surface area contributed by atoms with Crippen molar-refractivity contribution in [1.82, 2.24) is 14.6 Å². The van der Waals surface area contributed by atoms with Crippen molar-refractivity contribution < 1.29 is 13.7 Å². The van der Waals surface area contributed by atoms with Gasteiger partial charge in [-0.05, 0) is 45.2 Å². The number of fused-ring (bicyclic) bond motifs is 1. The van der Waals surface area contributed by atoms with Gasteiger partial charge < -0.3 is 19.2 Å². The molecule has 1 atom stereocenters. The first-order chi connectivity index (χ1) is 13.1. The van der Waals surface area contributed by atoms with Gasteiger partial charge in [-0.15, -0.1) is 0 Å². The van der Waals surface area contributed by atoms with Crippen LogP contribution in [0.3, 0.4) is 0 Å². The molecule has 0 saturated carbocycles. The highest BCUT2D eigenvalue weighted by molar-refractivity contribution is 5.92. The van der Waals surface area contributed by atoms with Crippen LogP contribution in [0.5, 0.6) is 0 Å². The van der Waals surface area contributed by atoms with Crippen LogP contribution in [-0.2, 0) is 6.54 Å². The first-order valence-corrected chi connectivity index (χ1v) is 9.21. The number of carbonyl (C=O) groups is 1. The number of likely N-dealkylation sites (tertiary alicyclic amines) is 1. The molecule has 1 N–H and O–H groups in total. The normalized spacial score (nSPS) is 17.4. The van der Waals surface area contributed by atoms with Gasteiger partial charge in [-0.25, -0.2) is 9.59 Å². The van der Waals surface area contributed by atoms with Crippen molar-refractivity contribution in [2.24, 2.45) is 0 Å². The van der Waals surface area contributed by atoms with Crippen molar-refractivity contribution in [2.75, 3.05) is 11.9 Å². The summed E-state index contributed by atoms with van der Waals surface area (Å²) in [4.78, 5) is 26.5. The van der Waals surface area contributed by atoms with E-state index in [1.165, 1.54) is 0 Å². The largest absolute Gasteiger partial charge is 0.419 e. The Kier molecular flexibility index (Phi) is 4.47. The molecule has 0 spiro atoms. The summed E-state index contributed by atoms with van der Waals surface area (Å²) in [5.41, 5.74) is 2.55. The van der Waals surface area contributed by atoms with Crippen LogP contribution in [0.15, 0.2) is 38.0 Å². The fraction of sp³-hybridized carbons (Fsp3) is 0.421. The predicted molar refractivity (Wildman–Crippen MR) is 99.7 cm³/mol. The summed E-state index contributed by atoms with van der Waals surface area (Å²) in [6.45, 7) is 4.92. The van der Waals surface area contributed by atoms with Gasteiger partial charge in [0.25, 0.3) is 0 Å². The summed E-state index contributed by atoms with van der Waals surface area (Å²) in [6.07, 6.45) is 2.85. The molecule has 3 heterocycles. The average Bonchev–Trinajstić information content (AvgIpc) is 3.23. The molecule has 8 nitrogen and oxygen atoms in total. The van der Waals surface area contributed by atoms with Crippen molar-refractivity contribution in [3.63, 3.8) is 0 Å². The smallest absolute Gasteiger partial charge is 0.408 e. The quantitative estimate of drug-likeness (QED) is 0.759. The maximum atomic E-state index is 12.9. The second kappa shape index (κ2) is 6.94. The van der Waals surface area contributed by atoms with Gasteiger partial charge >= 0.3 is 11.8 Å². The fourth-order valence-electron chi connectivity index (χ4n) is 3.66.